The summed E-state index contributed by atoms with van der Waals surface area (Å²) in [5.74, 6) is 0.537. The Labute approximate surface area is 180 Å². The molecule has 0 spiro atoms. The van der Waals surface area contributed by atoms with Gasteiger partial charge in [0.2, 0.25) is 5.95 Å². The van der Waals surface area contributed by atoms with Crippen LogP contribution in [0, 0.1) is 0 Å². The lowest BCUT2D eigenvalue weighted by atomic mass is 10.1. The highest BCUT2D eigenvalue weighted by Gasteiger charge is 2.27. The monoisotopic (exact) mass is 417 g/mol. The molecule has 2 aromatic heterocycles. The van der Waals surface area contributed by atoms with E-state index in [0.29, 0.717) is 18.6 Å². The van der Waals surface area contributed by atoms with Crippen molar-refractivity contribution in [2.45, 2.75) is 19.1 Å². The molecule has 0 saturated carbocycles. The average molecular weight is 418 g/mol. The van der Waals surface area contributed by atoms with E-state index in [2.05, 4.69) is 47.9 Å². The summed E-state index contributed by atoms with van der Waals surface area (Å²) in [7, 11) is 4.14. The van der Waals surface area contributed by atoms with Crippen LogP contribution >= 0.6 is 0 Å². The van der Waals surface area contributed by atoms with Crippen molar-refractivity contribution >= 4 is 27.6 Å². The van der Waals surface area contributed by atoms with Crippen molar-refractivity contribution in [1.82, 2.24) is 19.4 Å². The van der Waals surface area contributed by atoms with Gasteiger partial charge in [-0.2, -0.15) is 0 Å². The lowest BCUT2D eigenvalue weighted by molar-refractivity contribution is 0.00880. The number of anilines is 1. The Morgan fingerprint density at radius 3 is 2.84 bits per heavy atom. The van der Waals surface area contributed by atoms with E-state index in [0.717, 1.165) is 40.7 Å². The van der Waals surface area contributed by atoms with Crippen molar-refractivity contribution in [1.29, 1.82) is 0 Å². The smallest absolute Gasteiger partial charge is 0.257 e. The van der Waals surface area contributed by atoms with Crippen molar-refractivity contribution < 1.29 is 4.74 Å². The lowest BCUT2D eigenvalue weighted by Crippen LogP contribution is -2.51. The quantitative estimate of drug-likeness (QED) is 0.553. The van der Waals surface area contributed by atoms with E-state index in [1.54, 1.807) is 10.6 Å². The van der Waals surface area contributed by atoms with Crippen LogP contribution in [-0.2, 0) is 4.74 Å². The number of aromatic nitrogens is 3. The number of nitrogens with one attached hydrogen (secondary N) is 1. The van der Waals surface area contributed by atoms with Crippen LogP contribution in [-0.4, -0.2) is 65.4 Å². The van der Waals surface area contributed by atoms with Crippen LogP contribution < -0.4 is 10.5 Å². The summed E-state index contributed by atoms with van der Waals surface area (Å²) in [5.41, 5.74) is 3.61. The maximum absolute atomic E-state index is 12.7. The number of hydrogen-bond acceptors (Lipinski definition) is 5. The number of fused-ring (bicyclic) bond motifs is 2. The third-order valence-corrected chi connectivity index (χ3v) is 5.87. The number of aromatic amines is 1. The number of rotatable bonds is 4. The van der Waals surface area contributed by atoms with Crippen molar-refractivity contribution in [3.05, 3.63) is 65.0 Å². The second kappa shape index (κ2) is 7.83. The maximum Gasteiger partial charge on any atom is 0.257 e. The maximum atomic E-state index is 12.7. The minimum atomic E-state index is -0.105. The second-order valence-corrected chi connectivity index (χ2v) is 8.55. The molecule has 3 heterocycles. The Balaban J connectivity index is 1.53. The van der Waals surface area contributed by atoms with Crippen molar-refractivity contribution in [3.8, 4) is 5.95 Å². The summed E-state index contributed by atoms with van der Waals surface area (Å²) in [6.07, 6.45) is 0.175. The molecule has 7 nitrogen and oxygen atoms in total. The van der Waals surface area contributed by atoms with E-state index < -0.39 is 0 Å². The fourth-order valence-corrected chi connectivity index (χ4v) is 4.37. The number of morpholine rings is 1. The molecule has 1 fully saturated rings. The Bertz CT molecular complexity index is 1290. The van der Waals surface area contributed by atoms with Gasteiger partial charge >= 0.3 is 0 Å². The van der Waals surface area contributed by atoms with Gasteiger partial charge in [0.25, 0.3) is 5.56 Å². The van der Waals surface area contributed by atoms with Crippen LogP contribution in [0.15, 0.2) is 59.4 Å². The molecule has 160 valence electrons. The molecule has 0 bridgehead atoms. The second-order valence-electron chi connectivity index (χ2n) is 8.55. The van der Waals surface area contributed by atoms with Gasteiger partial charge in [-0.25, -0.2) is 9.55 Å². The van der Waals surface area contributed by atoms with E-state index in [1.807, 2.05) is 36.4 Å². The summed E-state index contributed by atoms with van der Waals surface area (Å²) < 4.78 is 7.65. The molecule has 1 aliphatic rings. The number of benzene rings is 2. The standard InChI is InChI=1S/C24H27N5O2/c1-16-15-31-19(13-27(2)3)14-28(16)18-9-10-20-21(12-18)26-24(25-20)29-22-7-5-4-6-17(22)8-11-23(29)30/h4-12,16,19H,13-15H2,1-3H3,(H,25,26)/t16-,19-/m0/s1. The summed E-state index contributed by atoms with van der Waals surface area (Å²) in [4.78, 5) is 25.3. The first kappa shape index (κ1) is 19.8. The molecular weight excluding hydrogens is 390 g/mol. The van der Waals surface area contributed by atoms with Crippen LogP contribution in [0.25, 0.3) is 27.9 Å². The number of pyridine rings is 1. The third-order valence-electron chi connectivity index (χ3n) is 5.87. The van der Waals surface area contributed by atoms with E-state index in [1.165, 1.54) is 0 Å². The minimum absolute atomic E-state index is 0.105. The van der Waals surface area contributed by atoms with Crippen LogP contribution in [0.4, 0.5) is 5.69 Å². The number of hydrogen-bond donors (Lipinski definition) is 1. The molecule has 5 rings (SSSR count). The van der Waals surface area contributed by atoms with E-state index in [-0.39, 0.29) is 11.7 Å². The molecule has 31 heavy (non-hydrogen) atoms. The average Bonchev–Trinajstić information content (AvgIpc) is 3.17. The zero-order valence-corrected chi connectivity index (χ0v) is 18.1. The highest BCUT2D eigenvalue weighted by atomic mass is 16.5. The highest BCUT2D eigenvalue weighted by molar-refractivity contribution is 5.83. The van der Waals surface area contributed by atoms with E-state index in [4.69, 9.17) is 9.72 Å². The van der Waals surface area contributed by atoms with Gasteiger partial charge in [-0.1, -0.05) is 18.2 Å². The molecule has 2 aromatic carbocycles. The van der Waals surface area contributed by atoms with Gasteiger partial charge < -0.3 is 19.5 Å². The SMILES string of the molecule is C[C@H]1CO[C@@H](CN(C)C)CN1c1ccc2nc(-n3c(=O)ccc4ccccc43)[nH]c2c1. The molecule has 1 aliphatic heterocycles. The topological polar surface area (TPSA) is 66.4 Å². The summed E-state index contributed by atoms with van der Waals surface area (Å²) in [5, 5.41) is 0.998. The lowest BCUT2D eigenvalue weighted by Gasteiger charge is -2.40. The molecule has 2 atom stereocenters. The van der Waals surface area contributed by atoms with E-state index >= 15 is 0 Å². The predicted octanol–water partition coefficient (Wildman–Crippen LogP) is 3.02. The molecule has 0 aliphatic carbocycles. The summed E-state index contributed by atoms with van der Waals surface area (Å²) in [6, 6.07) is 17.8. The fraction of sp³-hybridized carbons (Fsp3) is 0.333. The fourth-order valence-electron chi connectivity index (χ4n) is 4.37. The molecule has 4 aromatic rings. The predicted molar refractivity (Wildman–Crippen MR) is 124 cm³/mol. The number of imidazole rings is 1. The van der Waals surface area contributed by atoms with Crippen molar-refractivity contribution in [2.24, 2.45) is 0 Å². The Morgan fingerprint density at radius 1 is 1.16 bits per heavy atom. The number of ether oxygens (including phenoxy) is 1. The molecule has 7 heteroatoms. The van der Waals surface area contributed by atoms with Crippen LogP contribution in [0.5, 0.6) is 0 Å². The minimum Gasteiger partial charge on any atom is -0.373 e. The normalized spacial score (nSPS) is 19.5. The van der Waals surface area contributed by atoms with Gasteiger partial charge in [0.15, 0.2) is 0 Å². The van der Waals surface area contributed by atoms with Gasteiger partial charge in [-0.3, -0.25) is 4.79 Å². The largest absolute Gasteiger partial charge is 0.373 e. The zero-order valence-electron chi connectivity index (χ0n) is 18.1. The Hall–Kier alpha value is -3.16. The van der Waals surface area contributed by atoms with Crippen LogP contribution in [0.3, 0.4) is 0 Å². The highest BCUT2D eigenvalue weighted by Crippen LogP contribution is 2.26. The number of H-pyrrole nitrogens is 1. The van der Waals surface area contributed by atoms with Gasteiger partial charge in [-0.15, -0.1) is 0 Å². The zero-order chi connectivity index (χ0) is 21.5. The Kier molecular flexibility index (Phi) is 5.00. The van der Waals surface area contributed by atoms with Crippen LogP contribution in [0.2, 0.25) is 0 Å². The van der Waals surface area contributed by atoms with Crippen LogP contribution in [0.1, 0.15) is 6.92 Å². The third kappa shape index (κ3) is 3.71. The van der Waals surface area contributed by atoms with Crippen molar-refractivity contribution in [3.63, 3.8) is 0 Å². The molecule has 1 saturated heterocycles. The van der Waals surface area contributed by atoms with Gasteiger partial charge in [0.05, 0.1) is 29.3 Å². The first-order valence-electron chi connectivity index (χ1n) is 10.6. The molecular formula is C24H27N5O2. The molecule has 0 radical (unpaired) electrons. The first-order chi connectivity index (χ1) is 15.0. The number of para-hydroxylation sites is 1. The van der Waals surface area contributed by atoms with Gasteiger partial charge in [0.1, 0.15) is 0 Å². The molecule has 0 amide bonds. The molecule has 0 unspecified atom stereocenters. The molecule has 1 N–H and O–H groups in total. The van der Waals surface area contributed by atoms with Gasteiger partial charge in [0, 0.05) is 30.9 Å². The summed E-state index contributed by atoms with van der Waals surface area (Å²) >= 11 is 0. The number of likely N-dealkylation sites (N-methyl/N-ethyl adjacent to an activating group) is 1. The number of nitrogens with zero attached hydrogens (tertiary/aromatic N) is 4. The van der Waals surface area contributed by atoms with Gasteiger partial charge in [-0.05, 0) is 56.7 Å². The van der Waals surface area contributed by atoms with Crippen molar-refractivity contribution in [2.75, 3.05) is 38.7 Å². The van der Waals surface area contributed by atoms with E-state index in [9.17, 15) is 4.79 Å². The Morgan fingerprint density at radius 2 is 2.00 bits per heavy atom. The summed E-state index contributed by atoms with van der Waals surface area (Å²) in [6.45, 7) is 4.62. The first-order valence-corrected chi connectivity index (χ1v) is 10.6.